The van der Waals surface area contributed by atoms with Crippen molar-refractivity contribution in [1.82, 2.24) is 0 Å². The van der Waals surface area contributed by atoms with E-state index < -0.39 is 0 Å². The van der Waals surface area contributed by atoms with E-state index in [1.54, 1.807) is 0 Å². The average molecular weight is 862 g/mol. The quantitative estimate of drug-likeness (QED) is 0.292. The van der Waals surface area contributed by atoms with E-state index in [1.165, 1.54) is 0 Å². The molecule has 0 spiro atoms. The zero-order valence-electron chi connectivity index (χ0n) is 2.96. The van der Waals surface area contributed by atoms with E-state index in [0.29, 0.717) is 0 Å². The predicted molar refractivity (Wildman–Crippen MR) is 5.75 cm³/mol. The van der Waals surface area contributed by atoms with Crippen LogP contribution in [-0.4, -0.2) is 8.41 Å². The summed E-state index contributed by atoms with van der Waals surface area (Å²) >= 11 is 0. The van der Waals surface area contributed by atoms with Crippen molar-refractivity contribution in [2.24, 2.45) is 0 Å². The molecule has 0 N–H and O–H groups in total. The fourth-order valence-corrected chi connectivity index (χ4v) is 0. The third-order valence-corrected chi connectivity index (χ3v) is 0. The molecule has 7 heteroatoms. The molecule has 6 radical (unpaired) electrons. The Morgan fingerprint density at radius 1 is 1.00 bits per heavy atom. The second kappa shape index (κ2) is 50.1. The van der Waals surface area contributed by atoms with Crippen LogP contribution in [0.25, 0.3) is 0 Å². The van der Waals surface area contributed by atoms with Crippen molar-refractivity contribution in [3.8, 4) is 0 Å². The maximum Gasteiger partial charge on any atom is 0 e. The van der Waals surface area contributed by atoms with Gasteiger partial charge in [0.15, 0.2) is 0 Å². The third kappa shape index (κ3) is 39.6. The summed E-state index contributed by atoms with van der Waals surface area (Å²) in [4.78, 5) is 0. The van der Waals surface area contributed by atoms with E-state index in [2.05, 4.69) is 0 Å². The second-order valence-corrected chi connectivity index (χ2v) is 0. The van der Waals surface area contributed by atoms with Gasteiger partial charge in [0.05, 0.1) is 0 Å². The number of rotatable bonds is 0. The molecule has 0 fully saturated rings. The minimum absolute atomic E-state index is 0. The Morgan fingerprint density at radius 3 is 1.00 bits per heavy atom. The summed E-state index contributed by atoms with van der Waals surface area (Å²) in [6.07, 6.45) is 0. The molecule has 0 aliphatic carbocycles. The molecule has 0 saturated heterocycles. The molecule has 0 aromatic rings. The summed E-state index contributed by atoms with van der Waals surface area (Å²) in [5.41, 5.74) is 0. The van der Waals surface area contributed by atoms with Crippen LogP contribution < -0.4 is 0 Å². The fourth-order valence-electron chi connectivity index (χ4n) is 0. The van der Waals surface area contributed by atoms with Gasteiger partial charge in [0.2, 0.25) is 0 Å². The number of hydrogen-bond acceptors (Lipinski definition) is 0. The van der Waals surface area contributed by atoms with Crippen LogP contribution in [0.1, 0.15) is 0 Å². The van der Waals surface area contributed by atoms with Gasteiger partial charge in [-0.2, -0.15) is 0 Å². The Labute approximate surface area is 130 Å². The summed E-state index contributed by atoms with van der Waals surface area (Å²) in [5.74, 6) is 0. The minimum atomic E-state index is 0. The molecule has 0 heterocycles. The van der Waals surface area contributed by atoms with Crippen molar-refractivity contribution >= 4 is 8.41 Å². The van der Waals surface area contributed by atoms with Crippen molar-refractivity contribution in [3.63, 3.8) is 0 Å². The van der Waals surface area contributed by atoms with E-state index in [1.807, 2.05) is 0 Å². The third-order valence-electron chi connectivity index (χ3n) is 0. The molecule has 44 valence electrons. The molecule has 7 heavy (non-hydrogen) atoms. The first-order chi connectivity index (χ1) is 0. The Bertz CT molecular complexity index is 19.7. The molecule has 0 bridgehead atoms. The van der Waals surface area contributed by atoms with E-state index in [9.17, 15) is 0 Å². The summed E-state index contributed by atoms with van der Waals surface area (Å²) in [6, 6.07) is 0. The number of hydrogen-bond donors (Lipinski definition) is 0. The van der Waals surface area contributed by atoms with Gasteiger partial charge >= 0.3 is 0 Å². The van der Waals surface area contributed by atoms with Gasteiger partial charge in [0.25, 0.3) is 0 Å². The van der Waals surface area contributed by atoms with Crippen LogP contribution in [0, 0.1) is 0 Å². The van der Waals surface area contributed by atoms with Gasteiger partial charge in [-0.25, -0.2) is 0 Å². The Balaban J connectivity index is 0. The molecule has 0 amide bonds. The molecule has 0 aliphatic heterocycles. The van der Waals surface area contributed by atoms with Crippen LogP contribution in [0.5, 0.6) is 0 Å². The zero-order valence-corrected chi connectivity index (χ0v) is 17.1. The Morgan fingerprint density at radius 2 is 1.00 bits per heavy atom. The van der Waals surface area contributed by atoms with Crippen molar-refractivity contribution in [3.05, 3.63) is 0 Å². The molecule has 0 aromatic heterocycles. The van der Waals surface area contributed by atoms with Crippen LogP contribution in [0.2, 0.25) is 0 Å². The summed E-state index contributed by atoms with van der Waals surface area (Å²) in [6.45, 7) is 0. The molecule has 0 saturated carbocycles. The van der Waals surface area contributed by atoms with Gasteiger partial charge in [0.1, 0.15) is 0 Å². The molecule has 0 aromatic carbocycles. The molecule has 0 atom stereocenters. The maximum absolute atomic E-state index is 0. The topological polar surface area (TPSA) is 0 Å². The molecular weight excluding hydrogens is 862 g/mol. The van der Waals surface area contributed by atoms with Crippen molar-refractivity contribution in [2.45, 2.75) is 0 Å². The van der Waals surface area contributed by atoms with Crippen LogP contribution in [0.15, 0.2) is 0 Å². The molecule has 0 aliphatic rings. The van der Waals surface area contributed by atoms with Gasteiger partial charge in [-0.3, -0.25) is 0 Å². The van der Waals surface area contributed by atoms with Crippen LogP contribution in [0.4, 0.5) is 0 Å². The second-order valence-electron chi connectivity index (χ2n) is 0. The minimum Gasteiger partial charge on any atom is 0 e. The largest absolute Gasteiger partial charge is 0 e. The van der Waals surface area contributed by atoms with Gasteiger partial charge in [-0.1, -0.05) is 0 Å². The fraction of sp³-hybridized carbons (Fsp3) is 0. The summed E-state index contributed by atoms with van der Waals surface area (Å²) in [7, 11) is 0. The monoisotopic (exact) mass is 865 g/mol. The predicted octanol–water partition coefficient (Wildman–Crippen LogP) is -0.396. The standard InChI is InChI=1S/B.Co.Cr.Hf.Pt.Re.Ta. The van der Waals surface area contributed by atoms with E-state index in [-0.39, 0.29) is 132 Å². The van der Waals surface area contributed by atoms with Crippen LogP contribution in [-0.2, 0) is 124 Å². The zero-order chi connectivity index (χ0) is 0. The van der Waals surface area contributed by atoms with Gasteiger partial charge < -0.3 is 0 Å². The van der Waals surface area contributed by atoms with Gasteiger partial charge in [0, 0.05) is 132 Å². The molecule has 0 rings (SSSR count). The van der Waals surface area contributed by atoms with E-state index in [0.717, 1.165) is 0 Å². The first kappa shape index (κ1) is 67.8. The van der Waals surface area contributed by atoms with Crippen LogP contribution >= 0.6 is 0 Å². The Kier molecular flexibility index (Phi) is 485. The van der Waals surface area contributed by atoms with Crippen molar-refractivity contribution < 1.29 is 124 Å². The summed E-state index contributed by atoms with van der Waals surface area (Å²) < 4.78 is 0. The smallest absolute Gasteiger partial charge is 0 e. The van der Waals surface area contributed by atoms with Crippen molar-refractivity contribution in [2.75, 3.05) is 0 Å². The van der Waals surface area contributed by atoms with Gasteiger partial charge in [-0.05, 0) is 0 Å². The summed E-state index contributed by atoms with van der Waals surface area (Å²) in [5, 5.41) is 0. The maximum atomic E-state index is 0. The molecule has 0 nitrogen and oxygen atoms in total. The van der Waals surface area contributed by atoms with Gasteiger partial charge in [-0.15, -0.1) is 0 Å². The van der Waals surface area contributed by atoms with E-state index >= 15 is 0 Å². The SMILES string of the molecule is [B].[Co].[Cr].[Hf].[Pt].[Re].[Ta]. The van der Waals surface area contributed by atoms with Crippen molar-refractivity contribution in [1.29, 1.82) is 0 Å². The van der Waals surface area contributed by atoms with E-state index in [4.69, 9.17) is 0 Å². The molecule has 0 unspecified atom stereocenters. The average Bonchev–Trinajstić information content (AvgIpc) is 0. The first-order valence-corrected chi connectivity index (χ1v) is 0. The first-order valence-electron chi connectivity index (χ1n) is 0. The molecular formula is BCoCrHfPtReTa. The normalized spacial score (nSPS) is 0. The Hall–Kier alpha value is 4.06. The van der Waals surface area contributed by atoms with Crippen LogP contribution in [0.3, 0.4) is 0 Å².